The molecule has 118 valence electrons. The van der Waals surface area contributed by atoms with Crippen molar-refractivity contribution in [2.45, 2.75) is 63.0 Å². The van der Waals surface area contributed by atoms with Gasteiger partial charge in [-0.05, 0) is 34.1 Å². The van der Waals surface area contributed by atoms with E-state index in [2.05, 4.69) is 15.3 Å². The summed E-state index contributed by atoms with van der Waals surface area (Å²) in [7, 11) is 0. The van der Waals surface area contributed by atoms with E-state index in [4.69, 9.17) is 0 Å². The van der Waals surface area contributed by atoms with Crippen LogP contribution in [-0.2, 0) is 4.79 Å². The van der Waals surface area contributed by atoms with Crippen LogP contribution in [0, 0.1) is 6.92 Å². The quantitative estimate of drug-likeness (QED) is 0.525. The van der Waals surface area contributed by atoms with Gasteiger partial charge in [-0.15, -0.1) is 0 Å². The maximum absolute atomic E-state index is 11.5. The van der Waals surface area contributed by atoms with E-state index in [1.54, 1.807) is 13.8 Å². The highest BCUT2D eigenvalue weighted by Gasteiger charge is 2.35. The summed E-state index contributed by atoms with van der Waals surface area (Å²) in [5, 5.41) is 13.0. The van der Waals surface area contributed by atoms with Gasteiger partial charge in [0.25, 0.3) is 5.56 Å². The third-order valence-corrected chi connectivity index (χ3v) is 3.92. The number of rotatable bonds is 7. The van der Waals surface area contributed by atoms with Gasteiger partial charge in [-0.25, -0.2) is 4.98 Å². The number of nitrogens with one attached hydrogen (secondary N) is 2. The van der Waals surface area contributed by atoms with Crippen molar-refractivity contribution in [1.29, 1.82) is 0 Å². The van der Waals surface area contributed by atoms with Crippen LogP contribution in [0.25, 0.3) is 0 Å². The molecule has 21 heavy (non-hydrogen) atoms. The lowest BCUT2D eigenvalue weighted by Crippen LogP contribution is -2.53. The normalized spacial score (nSPS) is 15.7. The average molecular weight is 313 g/mol. The minimum atomic E-state index is -1.01. The van der Waals surface area contributed by atoms with Crippen LogP contribution in [0.2, 0.25) is 0 Å². The number of H-pyrrole nitrogens is 1. The summed E-state index contributed by atoms with van der Waals surface area (Å²) in [6.45, 7) is 9.19. The van der Waals surface area contributed by atoms with Crippen molar-refractivity contribution in [2.75, 3.05) is 0 Å². The molecule has 0 aliphatic heterocycles. The number of hydrogen-bond donors (Lipinski definition) is 3. The molecule has 2 atom stereocenters. The van der Waals surface area contributed by atoms with E-state index in [0.29, 0.717) is 17.3 Å². The SMILES string of the molecule is Cc1cc(=O)[nH]c(SC(C)CC(C)(NC(C)C)C(=O)O)n1. The Hall–Kier alpha value is -1.34. The topological polar surface area (TPSA) is 95.1 Å². The van der Waals surface area contributed by atoms with E-state index in [0.717, 1.165) is 0 Å². The van der Waals surface area contributed by atoms with E-state index in [1.165, 1.54) is 17.8 Å². The van der Waals surface area contributed by atoms with Crippen molar-refractivity contribution in [2.24, 2.45) is 0 Å². The third kappa shape index (κ3) is 5.51. The number of carbonyl (C=O) groups is 1. The Labute approximate surface area is 128 Å². The number of carboxylic acids is 1. The molecule has 0 amide bonds. The maximum Gasteiger partial charge on any atom is 0.323 e. The minimum absolute atomic E-state index is 0.0118. The fraction of sp³-hybridized carbons (Fsp3) is 0.643. The van der Waals surface area contributed by atoms with E-state index < -0.39 is 11.5 Å². The lowest BCUT2D eigenvalue weighted by molar-refractivity contribution is -0.144. The molecule has 0 aromatic carbocycles. The van der Waals surface area contributed by atoms with Crippen LogP contribution in [-0.4, -0.2) is 37.9 Å². The number of aromatic amines is 1. The summed E-state index contributed by atoms with van der Waals surface area (Å²) in [4.78, 5) is 29.8. The first-order valence-corrected chi connectivity index (χ1v) is 7.76. The van der Waals surface area contributed by atoms with Gasteiger partial charge in [0.05, 0.1) is 0 Å². The number of aliphatic carboxylic acids is 1. The Morgan fingerprint density at radius 1 is 1.52 bits per heavy atom. The first kappa shape index (κ1) is 17.7. The van der Waals surface area contributed by atoms with Crippen LogP contribution in [0.5, 0.6) is 0 Å². The Balaban J connectivity index is 2.80. The number of hydrogen-bond acceptors (Lipinski definition) is 5. The smallest absolute Gasteiger partial charge is 0.323 e. The number of nitrogens with zero attached hydrogens (tertiary/aromatic N) is 1. The van der Waals surface area contributed by atoms with Crippen LogP contribution in [0.1, 0.15) is 39.8 Å². The van der Waals surface area contributed by atoms with Crippen LogP contribution < -0.4 is 10.9 Å². The summed E-state index contributed by atoms with van der Waals surface area (Å²) in [5.41, 5.74) is -0.557. The molecule has 0 spiro atoms. The molecule has 1 heterocycles. The fourth-order valence-electron chi connectivity index (χ4n) is 2.26. The third-order valence-electron chi connectivity index (χ3n) is 2.94. The lowest BCUT2D eigenvalue weighted by atomic mass is 9.95. The predicted octanol–water partition coefficient (Wildman–Crippen LogP) is 1.79. The molecule has 0 radical (unpaired) electrons. The second-order valence-corrected chi connectivity index (χ2v) is 7.19. The van der Waals surface area contributed by atoms with Gasteiger partial charge in [-0.1, -0.05) is 18.7 Å². The van der Waals surface area contributed by atoms with Crippen LogP contribution >= 0.6 is 11.8 Å². The molecular weight excluding hydrogens is 290 g/mol. The fourth-order valence-corrected chi connectivity index (χ4v) is 3.41. The Kier molecular flexibility index (Phi) is 5.98. The molecule has 0 aliphatic carbocycles. The van der Waals surface area contributed by atoms with Gasteiger partial charge in [0.15, 0.2) is 5.16 Å². The van der Waals surface area contributed by atoms with Crippen LogP contribution in [0.15, 0.2) is 16.0 Å². The van der Waals surface area contributed by atoms with Crippen molar-refractivity contribution < 1.29 is 9.90 Å². The largest absolute Gasteiger partial charge is 0.480 e. The first-order chi connectivity index (χ1) is 9.62. The second kappa shape index (κ2) is 7.09. The summed E-state index contributed by atoms with van der Waals surface area (Å²) in [5.74, 6) is -0.880. The first-order valence-electron chi connectivity index (χ1n) is 6.88. The van der Waals surface area contributed by atoms with Gasteiger partial charge in [0.1, 0.15) is 5.54 Å². The molecule has 7 heteroatoms. The molecule has 3 N–H and O–H groups in total. The van der Waals surface area contributed by atoms with Gasteiger partial charge in [0.2, 0.25) is 0 Å². The zero-order valence-electron chi connectivity index (χ0n) is 13.1. The molecular formula is C14H23N3O3S. The van der Waals surface area contributed by atoms with Crippen molar-refractivity contribution in [1.82, 2.24) is 15.3 Å². The zero-order chi connectivity index (χ0) is 16.2. The minimum Gasteiger partial charge on any atom is -0.480 e. The molecule has 1 rings (SSSR count). The highest BCUT2D eigenvalue weighted by molar-refractivity contribution is 7.99. The Bertz CT molecular complexity index is 559. The molecule has 6 nitrogen and oxygen atoms in total. The summed E-state index contributed by atoms with van der Waals surface area (Å²) in [6, 6.07) is 1.50. The standard InChI is InChI=1S/C14H23N3O3S/c1-8(2)17-14(5,12(19)20)7-10(4)21-13-15-9(3)6-11(18)16-13/h6,8,10,17H,7H2,1-5H3,(H,19,20)(H,15,16,18). The summed E-state index contributed by atoms with van der Waals surface area (Å²) < 4.78 is 0. The van der Waals surface area contributed by atoms with Crippen molar-refractivity contribution in [3.8, 4) is 0 Å². The highest BCUT2D eigenvalue weighted by atomic mass is 32.2. The molecule has 1 aromatic rings. The molecule has 2 unspecified atom stereocenters. The number of thioether (sulfide) groups is 1. The molecule has 0 fully saturated rings. The van der Waals surface area contributed by atoms with Crippen LogP contribution in [0.4, 0.5) is 0 Å². The van der Waals surface area contributed by atoms with E-state index in [9.17, 15) is 14.7 Å². The monoisotopic (exact) mass is 313 g/mol. The molecule has 0 saturated heterocycles. The number of carboxylic acid groups (broad SMARTS) is 1. The summed E-state index contributed by atoms with van der Waals surface area (Å²) in [6.07, 6.45) is 0.419. The summed E-state index contributed by atoms with van der Waals surface area (Å²) >= 11 is 1.37. The highest BCUT2D eigenvalue weighted by Crippen LogP contribution is 2.26. The molecule has 0 saturated carbocycles. The number of aryl methyl sites for hydroxylation is 1. The van der Waals surface area contributed by atoms with Gasteiger partial charge in [-0.3, -0.25) is 14.9 Å². The van der Waals surface area contributed by atoms with E-state index in [1.807, 2.05) is 20.8 Å². The second-order valence-electron chi connectivity index (χ2n) is 5.76. The lowest BCUT2D eigenvalue weighted by Gasteiger charge is -2.30. The van der Waals surface area contributed by atoms with Gasteiger partial charge in [-0.2, -0.15) is 0 Å². The molecule has 0 bridgehead atoms. The molecule has 1 aromatic heterocycles. The van der Waals surface area contributed by atoms with Gasteiger partial charge >= 0.3 is 5.97 Å². The molecule has 0 aliphatic rings. The predicted molar refractivity (Wildman–Crippen MR) is 83.8 cm³/mol. The van der Waals surface area contributed by atoms with E-state index in [-0.39, 0.29) is 16.9 Å². The van der Waals surface area contributed by atoms with Gasteiger partial charge < -0.3 is 10.1 Å². The number of aromatic nitrogens is 2. The van der Waals surface area contributed by atoms with Crippen molar-refractivity contribution in [3.63, 3.8) is 0 Å². The maximum atomic E-state index is 11.5. The van der Waals surface area contributed by atoms with Crippen LogP contribution in [0.3, 0.4) is 0 Å². The zero-order valence-corrected chi connectivity index (χ0v) is 13.9. The Morgan fingerprint density at radius 2 is 2.14 bits per heavy atom. The van der Waals surface area contributed by atoms with Gasteiger partial charge in [0, 0.05) is 23.1 Å². The average Bonchev–Trinajstić information content (AvgIpc) is 2.24. The Morgan fingerprint density at radius 3 is 2.62 bits per heavy atom. The van der Waals surface area contributed by atoms with Crippen molar-refractivity contribution >= 4 is 17.7 Å². The van der Waals surface area contributed by atoms with E-state index >= 15 is 0 Å². The van der Waals surface area contributed by atoms with Crippen molar-refractivity contribution in [3.05, 3.63) is 22.1 Å².